The first-order valence-electron chi connectivity index (χ1n) is 5.48. The van der Waals surface area contributed by atoms with Crippen LogP contribution in [0.25, 0.3) is 5.69 Å². The lowest BCUT2D eigenvalue weighted by atomic mass is 10.2. The highest BCUT2D eigenvalue weighted by Crippen LogP contribution is 2.28. The van der Waals surface area contributed by atoms with Gasteiger partial charge in [0.05, 0.1) is 21.3 Å². The number of benzene rings is 1. The van der Waals surface area contributed by atoms with Gasteiger partial charge in [0, 0.05) is 6.07 Å². The second-order valence-electron chi connectivity index (χ2n) is 4.05. The maximum Gasteiger partial charge on any atom is 0.431 e. The molecule has 1 aromatic carbocycles. The lowest BCUT2D eigenvalue weighted by Gasteiger charge is -2.10. The number of nitrogens with one attached hydrogen (secondary N) is 1. The highest BCUT2D eigenvalue weighted by molar-refractivity contribution is 6.36. The average molecular weight is 350 g/mol. The van der Waals surface area contributed by atoms with Crippen molar-refractivity contribution in [2.75, 3.05) is 0 Å². The summed E-state index contributed by atoms with van der Waals surface area (Å²) in [6, 6.07) is 4.08. The smallest absolute Gasteiger partial charge is 0.303 e. The van der Waals surface area contributed by atoms with Crippen molar-refractivity contribution >= 4 is 23.2 Å². The van der Waals surface area contributed by atoms with Gasteiger partial charge in [0.25, 0.3) is 5.56 Å². The average Bonchev–Trinajstić information content (AvgIpc) is 2.39. The second kappa shape index (κ2) is 5.51. The van der Waals surface area contributed by atoms with E-state index in [1.165, 1.54) is 0 Å². The first-order valence-corrected chi connectivity index (χ1v) is 6.24. The molecule has 1 N–H and O–H groups in total. The third-order valence-electron chi connectivity index (χ3n) is 2.64. The summed E-state index contributed by atoms with van der Waals surface area (Å²) in [7, 11) is 0. The maximum absolute atomic E-state index is 12.5. The fourth-order valence-electron chi connectivity index (χ4n) is 1.67. The number of nitriles is 1. The van der Waals surface area contributed by atoms with Crippen molar-refractivity contribution in [3.05, 3.63) is 60.3 Å². The SMILES string of the molecule is N#Cc1cc(-n2c(=O)cc(C(F)(F)F)[nH]c2=O)c(Cl)cc1Cl. The van der Waals surface area contributed by atoms with Crippen molar-refractivity contribution < 1.29 is 13.2 Å². The Morgan fingerprint density at radius 1 is 1.14 bits per heavy atom. The van der Waals surface area contributed by atoms with Crippen molar-refractivity contribution in [3.63, 3.8) is 0 Å². The van der Waals surface area contributed by atoms with Gasteiger partial charge < -0.3 is 4.98 Å². The van der Waals surface area contributed by atoms with Crippen molar-refractivity contribution in [3.8, 4) is 11.8 Å². The van der Waals surface area contributed by atoms with Crippen molar-refractivity contribution in [2.24, 2.45) is 0 Å². The molecule has 0 aliphatic carbocycles. The molecule has 2 rings (SSSR count). The van der Waals surface area contributed by atoms with Crippen LogP contribution < -0.4 is 11.2 Å². The summed E-state index contributed by atoms with van der Waals surface area (Å²) in [6.45, 7) is 0. The first-order chi connectivity index (χ1) is 10.1. The number of aromatic nitrogens is 2. The minimum absolute atomic E-state index is 0.0207. The molecule has 0 aliphatic rings. The molecule has 0 saturated carbocycles. The number of hydrogen-bond acceptors (Lipinski definition) is 3. The zero-order valence-electron chi connectivity index (χ0n) is 10.3. The normalized spacial score (nSPS) is 11.3. The van der Waals surface area contributed by atoms with E-state index in [0.29, 0.717) is 4.57 Å². The minimum Gasteiger partial charge on any atom is -0.303 e. The molecule has 114 valence electrons. The quantitative estimate of drug-likeness (QED) is 0.859. The third kappa shape index (κ3) is 2.86. The van der Waals surface area contributed by atoms with Gasteiger partial charge in [-0.25, -0.2) is 9.36 Å². The molecule has 0 aliphatic heterocycles. The molecule has 1 heterocycles. The van der Waals surface area contributed by atoms with Crippen LogP contribution in [0.2, 0.25) is 10.0 Å². The Hall–Kier alpha value is -2.24. The standard InChI is InChI=1S/C12H4Cl2F3N3O2/c13-6-2-7(14)8(1-5(6)4-18)20-10(21)3-9(12(15,16)17)19-11(20)22/h1-3H,(H,19,22). The summed E-state index contributed by atoms with van der Waals surface area (Å²) in [5.41, 5.74) is -4.41. The summed E-state index contributed by atoms with van der Waals surface area (Å²) in [4.78, 5) is 25.1. The molecule has 22 heavy (non-hydrogen) atoms. The van der Waals surface area contributed by atoms with Crippen LogP contribution in [0.5, 0.6) is 0 Å². The van der Waals surface area contributed by atoms with Crippen LogP contribution in [-0.4, -0.2) is 9.55 Å². The van der Waals surface area contributed by atoms with Gasteiger partial charge in [0.15, 0.2) is 0 Å². The number of nitrogens with zero attached hydrogens (tertiary/aromatic N) is 2. The Morgan fingerprint density at radius 3 is 2.27 bits per heavy atom. The molecular weight excluding hydrogens is 346 g/mol. The van der Waals surface area contributed by atoms with Crippen molar-refractivity contribution in [1.82, 2.24) is 9.55 Å². The Morgan fingerprint density at radius 2 is 1.77 bits per heavy atom. The predicted octanol–water partition coefficient (Wildman–Crippen LogP) is 2.72. The topological polar surface area (TPSA) is 78.7 Å². The van der Waals surface area contributed by atoms with E-state index in [-0.39, 0.29) is 27.4 Å². The molecule has 2 aromatic rings. The Bertz CT molecular complexity index is 879. The first kappa shape index (κ1) is 16.1. The Labute approximate surface area is 130 Å². The molecule has 1 aromatic heterocycles. The summed E-state index contributed by atoms with van der Waals surface area (Å²) in [6.07, 6.45) is -4.88. The number of rotatable bonds is 1. The molecule has 0 amide bonds. The van der Waals surface area contributed by atoms with Gasteiger partial charge in [0.1, 0.15) is 11.8 Å². The molecule has 0 atom stereocenters. The van der Waals surface area contributed by atoms with Gasteiger partial charge in [-0.1, -0.05) is 23.2 Å². The number of H-pyrrole nitrogens is 1. The Kier molecular flexibility index (Phi) is 4.04. The van der Waals surface area contributed by atoms with Gasteiger partial charge in [-0.2, -0.15) is 18.4 Å². The van der Waals surface area contributed by atoms with Crippen LogP contribution in [0.15, 0.2) is 27.8 Å². The highest BCUT2D eigenvalue weighted by atomic mass is 35.5. The van der Waals surface area contributed by atoms with Crippen molar-refractivity contribution in [2.45, 2.75) is 6.18 Å². The van der Waals surface area contributed by atoms with Crippen LogP contribution in [0.1, 0.15) is 11.3 Å². The van der Waals surface area contributed by atoms with Crippen LogP contribution in [0.3, 0.4) is 0 Å². The van der Waals surface area contributed by atoms with Gasteiger partial charge in [-0.3, -0.25) is 4.79 Å². The molecule has 0 bridgehead atoms. The Balaban J connectivity index is 2.78. The van der Waals surface area contributed by atoms with Gasteiger partial charge in [-0.15, -0.1) is 0 Å². The van der Waals surface area contributed by atoms with E-state index in [1.54, 1.807) is 11.1 Å². The number of hydrogen-bond donors (Lipinski definition) is 1. The third-order valence-corrected chi connectivity index (χ3v) is 3.25. The van der Waals surface area contributed by atoms with Gasteiger partial charge in [-0.05, 0) is 12.1 Å². The molecule has 0 saturated heterocycles. The van der Waals surface area contributed by atoms with E-state index in [2.05, 4.69) is 0 Å². The van der Waals surface area contributed by atoms with Crippen LogP contribution >= 0.6 is 23.2 Å². The summed E-state index contributed by atoms with van der Waals surface area (Å²) in [5, 5.41) is 8.68. The van der Waals surface area contributed by atoms with E-state index in [4.69, 9.17) is 28.5 Å². The maximum atomic E-state index is 12.5. The summed E-state index contributed by atoms with van der Waals surface area (Å²) < 4.78 is 38.0. The van der Waals surface area contributed by atoms with E-state index in [1.807, 2.05) is 0 Å². The summed E-state index contributed by atoms with van der Waals surface area (Å²) >= 11 is 11.6. The number of alkyl halides is 3. The van der Waals surface area contributed by atoms with E-state index < -0.39 is 23.1 Å². The second-order valence-corrected chi connectivity index (χ2v) is 4.87. The number of halogens is 5. The van der Waals surface area contributed by atoms with Gasteiger partial charge in [0.2, 0.25) is 0 Å². The predicted molar refractivity (Wildman–Crippen MR) is 72.4 cm³/mol. The van der Waals surface area contributed by atoms with Crippen LogP contribution in [-0.2, 0) is 6.18 Å². The fraction of sp³-hybridized carbons (Fsp3) is 0.0833. The zero-order chi connectivity index (χ0) is 16.7. The minimum atomic E-state index is -4.88. The zero-order valence-corrected chi connectivity index (χ0v) is 11.8. The highest BCUT2D eigenvalue weighted by Gasteiger charge is 2.33. The lowest BCUT2D eigenvalue weighted by molar-refractivity contribution is -0.141. The van der Waals surface area contributed by atoms with Crippen molar-refractivity contribution in [1.29, 1.82) is 5.26 Å². The fourth-order valence-corrected chi connectivity index (χ4v) is 2.18. The molecule has 0 fully saturated rings. The monoisotopic (exact) mass is 349 g/mol. The molecule has 10 heteroatoms. The molecule has 0 radical (unpaired) electrons. The van der Waals surface area contributed by atoms with Crippen LogP contribution in [0.4, 0.5) is 13.2 Å². The van der Waals surface area contributed by atoms with Crippen LogP contribution in [0, 0.1) is 11.3 Å². The summed E-state index contributed by atoms with van der Waals surface area (Å²) in [5.74, 6) is 0. The molecule has 0 spiro atoms. The molecule has 0 unspecified atom stereocenters. The van der Waals surface area contributed by atoms with E-state index in [0.717, 1.165) is 12.1 Å². The van der Waals surface area contributed by atoms with Gasteiger partial charge >= 0.3 is 11.9 Å². The van der Waals surface area contributed by atoms with E-state index >= 15 is 0 Å². The van der Waals surface area contributed by atoms with E-state index in [9.17, 15) is 22.8 Å². The number of aromatic amines is 1. The molecular formula is C12H4Cl2F3N3O2. The molecule has 5 nitrogen and oxygen atoms in total. The lowest BCUT2D eigenvalue weighted by Crippen LogP contribution is -2.36. The largest absolute Gasteiger partial charge is 0.431 e.